The van der Waals surface area contributed by atoms with E-state index in [0.29, 0.717) is 24.1 Å². The molecule has 16 heteroatoms. The number of hydrogen-bond acceptors (Lipinski definition) is 10. The molecule has 0 radical (unpaired) electrons. The summed E-state index contributed by atoms with van der Waals surface area (Å²) < 4.78 is 0. The van der Waals surface area contributed by atoms with Crippen LogP contribution in [0.4, 0.5) is 0 Å². The van der Waals surface area contributed by atoms with Crippen LogP contribution in [0.1, 0.15) is 132 Å². The number of Topliss-reactive ketones (excluding diaryl/α,β-unsaturated/α-hetero) is 1. The number of hydrogen-bond donors (Lipinski definition) is 7. The Morgan fingerprint density at radius 1 is 0.592 bits per heavy atom. The molecule has 2 saturated heterocycles. The molecule has 6 amide bonds. The molecule has 0 aliphatic carbocycles. The highest BCUT2D eigenvalue weighted by atomic mass is 16.2. The largest absolute Gasteiger partial charge is 0.348 e. The van der Waals surface area contributed by atoms with Gasteiger partial charge in [0, 0.05) is 55.3 Å². The van der Waals surface area contributed by atoms with E-state index < -0.39 is 53.0 Å². The van der Waals surface area contributed by atoms with E-state index in [4.69, 9.17) is 0 Å². The summed E-state index contributed by atoms with van der Waals surface area (Å²) in [5.41, 5.74) is 1.41. The molecule has 0 aromatic heterocycles. The number of ketones is 1. The number of carbonyl (C=O) groups excluding carboxylic acids is 7. The molecule has 0 unspecified atom stereocenters. The fraction of sp³-hybridized carbons (Fsp3) is 0.545. The van der Waals surface area contributed by atoms with Gasteiger partial charge in [-0.1, -0.05) is 114 Å². The summed E-state index contributed by atoms with van der Waals surface area (Å²) in [5, 5.41) is 21.5. The summed E-state index contributed by atoms with van der Waals surface area (Å²) in [5.74, 6) is -2.53. The molecule has 7 N–H and O–H groups in total. The van der Waals surface area contributed by atoms with Crippen molar-refractivity contribution in [1.82, 2.24) is 47.0 Å². The number of rotatable bonds is 20. The molecule has 0 saturated carbocycles. The zero-order valence-corrected chi connectivity index (χ0v) is 43.9. The van der Waals surface area contributed by atoms with Gasteiger partial charge < -0.3 is 47.0 Å². The molecule has 16 nitrogen and oxygen atoms in total. The van der Waals surface area contributed by atoms with Gasteiger partial charge in [0.25, 0.3) is 5.91 Å². The minimum atomic E-state index is -0.945. The van der Waals surface area contributed by atoms with Gasteiger partial charge in [0.05, 0.1) is 18.1 Å². The van der Waals surface area contributed by atoms with Crippen molar-refractivity contribution in [3.63, 3.8) is 0 Å². The third kappa shape index (κ3) is 14.8. The summed E-state index contributed by atoms with van der Waals surface area (Å²) in [6.07, 6.45) is 0.762. The Hall–Kier alpha value is -5.97. The van der Waals surface area contributed by atoms with Gasteiger partial charge in [-0.15, -0.1) is 0 Å². The average molecular weight is 978 g/mol. The van der Waals surface area contributed by atoms with Crippen LogP contribution < -0.4 is 37.2 Å². The second-order valence-electron chi connectivity index (χ2n) is 21.7. The Morgan fingerprint density at radius 3 is 1.56 bits per heavy atom. The van der Waals surface area contributed by atoms with E-state index >= 15 is 0 Å². The van der Waals surface area contributed by atoms with Gasteiger partial charge in [0.2, 0.25) is 29.5 Å². The molecule has 0 bridgehead atoms. The van der Waals surface area contributed by atoms with Crippen LogP contribution in [-0.4, -0.2) is 127 Å². The highest BCUT2D eigenvalue weighted by molar-refractivity contribution is 6.00. The smallest absolute Gasteiger partial charge is 0.251 e. The normalized spacial score (nSPS) is 20.7. The van der Waals surface area contributed by atoms with Crippen LogP contribution in [0.3, 0.4) is 0 Å². The Bertz CT molecular complexity index is 2320. The van der Waals surface area contributed by atoms with Gasteiger partial charge in [-0.05, 0) is 94.6 Å². The highest BCUT2D eigenvalue weighted by Gasteiger charge is 2.46. The molecule has 71 heavy (non-hydrogen) atoms. The number of likely N-dealkylation sites (tertiary alicyclic amines) is 2. The van der Waals surface area contributed by atoms with Crippen LogP contribution >= 0.6 is 0 Å². The molecule has 2 fully saturated rings. The van der Waals surface area contributed by atoms with Crippen LogP contribution in [0.25, 0.3) is 0 Å². The first kappa shape index (κ1) is 56.0. The Morgan fingerprint density at radius 2 is 1.07 bits per heavy atom. The zero-order valence-electron chi connectivity index (χ0n) is 43.9. The van der Waals surface area contributed by atoms with Crippen molar-refractivity contribution >= 4 is 41.2 Å². The van der Waals surface area contributed by atoms with Crippen molar-refractivity contribution < 1.29 is 33.6 Å². The van der Waals surface area contributed by atoms with E-state index in [-0.39, 0.29) is 85.3 Å². The number of carbonyl (C=O) groups is 7. The summed E-state index contributed by atoms with van der Waals surface area (Å²) >= 11 is 0. The third-order valence-corrected chi connectivity index (χ3v) is 14.0. The lowest BCUT2D eigenvalue weighted by atomic mass is 9.85. The zero-order chi connectivity index (χ0) is 52.4. The minimum Gasteiger partial charge on any atom is -0.348 e. The molecule has 2 aliphatic rings. The fourth-order valence-corrected chi connectivity index (χ4v) is 9.24. The molecule has 2 aliphatic heterocycles. The SMILES string of the molecule is CN[C@@H](C)C(=O)N[C@H](C(=O)N1C[C@@H](NC(=O)c2ccc(C(=O)C[C@H]3C[C@@H](C(=O)N[C@H](C)c4ccccc4)N(C(=O)[C@@H](NC(=O)[C@H](C)NC)C(C)(C)C)C3)cc2)C[C@H]1CN[C@H](C)c1ccccc1)C(C)(C)C. The number of likely N-dealkylation sites (N-methyl/N-ethyl adjacent to an activating group) is 2. The quantitative estimate of drug-likeness (QED) is 0.0778. The van der Waals surface area contributed by atoms with Crippen molar-refractivity contribution in [2.75, 3.05) is 33.7 Å². The second kappa shape index (κ2) is 24.4. The van der Waals surface area contributed by atoms with Gasteiger partial charge >= 0.3 is 0 Å². The highest BCUT2D eigenvalue weighted by Crippen LogP contribution is 2.32. The van der Waals surface area contributed by atoms with E-state index in [2.05, 4.69) is 44.1 Å². The third-order valence-electron chi connectivity index (χ3n) is 14.0. The topological polar surface area (TPSA) is 210 Å². The van der Waals surface area contributed by atoms with E-state index in [1.165, 1.54) is 4.90 Å². The first-order valence-electron chi connectivity index (χ1n) is 25.1. The van der Waals surface area contributed by atoms with Crippen LogP contribution in [0.5, 0.6) is 0 Å². The minimum absolute atomic E-state index is 0.00487. The summed E-state index contributed by atoms with van der Waals surface area (Å²) in [4.78, 5) is 100. The van der Waals surface area contributed by atoms with E-state index in [1.54, 1.807) is 57.1 Å². The van der Waals surface area contributed by atoms with Crippen molar-refractivity contribution in [3.8, 4) is 0 Å². The number of benzene rings is 3. The van der Waals surface area contributed by atoms with Crippen molar-refractivity contribution in [2.24, 2.45) is 16.7 Å². The molecule has 3 aromatic carbocycles. The predicted molar refractivity (Wildman–Crippen MR) is 276 cm³/mol. The van der Waals surface area contributed by atoms with Crippen LogP contribution in [-0.2, 0) is 24.0 Å². The van der Waals surface area contributed by atoms with Crippen LogP contribution in [0.2, 0.25) is 0 Å². The van der Waals surface area contributed by atoms with E-state index in [9.17, 15) is 33.6 Å². The Labute approximate surface area is 421 Å². The molecule has 3 aromatic rings. The molecule has 0 spiro atoms. The number of nitrogens with one attached hydrogen (secondary N) is 7. The van der Waals surface area contributed by atoms with Gasteiger partial charge in [-0.25, -0.2) is 0 Å². The lowest BCUT2D eigenvalue weighted by molar-refractivity contribution is -0.144. The number of nitrogens with zero attached hydrogens (tertiary/aromatic N) is 2. The van der Waals surface area contributed by atoms with Crippen molar-refractivity contribution in [1.29, 1.82) is 0 Å². The first-order valence-corrected chi connectivity index (χ1v) is 25.1. The molecule has 10 atom stereocenters. The molecular weight excluding hydrogens is 899 g/mol. The van der Waals surface area contributed by atoms with Gasteiger partial charge in [0.1, 0.15) is 18.1 Å². The second-order valence-corrected chi connectivity index (χ2v) is 21.7. The first-order chi connectivity index (χ1) is 33.4. The lowest BCUT2D eigenvalue weighted by Crippen LogP contribution is -2.59. The summed E-state index contributed by atoms with van der Waals surface area (Å²) in [7, 11) is 3.35. The maximum Gasteiger partial charge on any atom is 0.251 e. The molecular formula is C55H79N9O7. The molecule has 386 valence electrons. The van der Waals surface area contributed by atoms with Crippen LogP contribution in [0.15, 0.2) is 84.9 Å². The average Bonchev–Trinajstić information content (AvgIpc) is 3.96. The van der Waals surface area contributed by atoms with Crippen molar-refractivity contribution in [3.05, 3.63) is 107 Å². The molecule has 5 rings (SSSR count). The Kier molecular flexibility index (Phi) is 19.3. The van der Waals surface area contributed by atoms with Crippen molar-refractivity contribution in [2.45, 2.75) is 143 Å². The molecule has 2 heterocycles. The van der Waals surface area contributed by atoms with E-state index in [1.807, 2.05) is 109 Å². The van der Waals surface area contributed by atoms with Gasteiger partial charge in [-0.2, -0.15) is 0 Å². The van der Waals surface area contributed by atoms with Crippen LogP contribution in [0, 0.1) is 16.7 Å². The monoisotopic (exact) mass is 978 g/mol. The summed E-state index contributed by atoms with van der Waals surface area (Å²) in [6.45, 7) is 19.5. The maximum atomic E-state index is 14.5. The standard InChI is InChI=1S/C55H79N9O7/c1-33(38-19-15-13-16-20-38)58-30-43-29-42(32-63(43)52(70)46(54(5,6)7)61-48(66)35(3)56-11)60-50(68)41-25-23-40(24-26-41)45(65)28-37-27-44(51(69)59-34(2)39-21-17-14-18-22-39)64(31-37)53(71)47(55(8,9)10)62-49(67)36(4)57-12/h13-26,33-37,42-44,46-47,56-58H,27-32H2,1-12H3,(H,59,69)(H,60,68)(H,61,66)(H,62,67)/t33-,34-,35+,36+,37-,42+,43+,44+,46-,47-/m1/s1. The Balaban J connectivity index is 1.30. The fourth-order valence-electron chi connectivity index (χ4n) is 9.24. The van der Waals surface area contributed by atoms with Gasteiger partial charge in [-0.3, -0.25) is 33.6 Å². The summed E-state index contributed by atoms with van der Waals surface area (Å²) in [6, 6.07) is 21.2. The van der Waals surface area contributed by atoms with Gasteiger partial charge in [0.15, 0.2) is 5.78 Å². The van der Waals surface area contributed by atoms with E-state index in [0.717, 1.165) is 11.1 Å². The predicted octanol–water partition coefficient (Wildman–Crippen LogP) is 4.68. The maximum absolute atomic E-state index is 14.5. The number of amides is 6. The lowest BCUT2D eigenvalue weighted by Gasteiger charge is -2.36.